The SMILES string of the molecule is COCCOc1ccncc1NC(=O)c1c(N)nn2c1N(C)CC(CC#N)C2. The molecule has 0 fully saturated rings. The lowest BCUT2D eigenvalue weighted by atomic mass is 10.0. The molecule has 0 saturated heterocycles. The van der Waals surface area contributed by atoms with Crippen LogP contribution in [0.2, 0.25) is 0 Å². The van der Waals surface area contributed by atoms with Crippen LogP contribution in [0.4, 0.5) is 17.3 Å². The number of amides is 1. The Hall–Kier alpha value is -3.32. The van der Waals surface area contributed by atoms with Crippen LogP contribution < -0.4 is 20.7 Å². The van der Waals surface area contributed by atoms with Crippen LogP contribution in [0.3, 0.4) is 0 Å². The average Bonchev–Trinajstić information content (AvgIpc) is 3.00. The lowest BCUT2D eigenvalue weighted by Crippen LogP contribution is -2.36. The van der Waals surface area contributed by atoms with E-state index in [-0.39, 0.29) is 11.7 Å². The number of nitriles is 1. The molecule has 1 aliphatic heterocycles. The first-order valence-electron chi connectivity index (χ1n) is 8.86. The molecule has 1 atom stereocenters. The van der Waals surface area contributed by atoms with Crippen LogP contribution in [0.15, 0.2) is 18.5 Å². The number of fused-ring (bicyclic) bond motifs is 1. The topological polar surface area (TPSA) is 131 Å². The molecule has 3 heterocycles. The number of rotatable bonds is 7. The van der Waals surface area contributed by atoms with Gasteiger partial charge in [-0.15, -0.1) is 0 Å². The zero-order valence-corrected chi connectivity index (χ0v) is 15.9. The van der Waals surface area contributed by atoms with E-state index in [1.54, 1.807) is 24.1 Å². The van der Waals surface area contributed by atoms with E-state index in [4.69, 9.17) is 20.5 Å². The number of aromatic nitrogens is 3. The van der Waals surface area contributed by atoms with Gasteiger partial charge in [0, 0.05) is 51.8 Å². The van der Waals surface area contributed by atoms with Gasteiger partial charge in [0.25, 0.3) is 5.91 Å². The van der Waals surface area contributed by atoms with Crippen molar-refractivity contribution in [3.05, 3.63) is 24.0 Å². The number of carbonyl (C=O) groups excluding carboxylic acids is 1. The Balaban J connectivity index is 1.83. The molecule has 3 N–H and O–H groups in total. The number of nitrogens with two attached hydrogens (primary N) is 1. The van der Waals surface area contributed by atoms with Gasteiger partial charge in [0.1, 0.15) is 29.4 Å². The number of nitrogens with zero attached hydrogens (tertiary/aromatic N) is 5. The van der Waals surface area contributed by atoms with Gasteiger partial charge in [-0.05, 0) is 0 Å². The predicted octanol–water partition coefficient (Wildman–Crippen LogP) is 1.12. The standard InChI is InChI=1S/C18H23N7O3/c1-24-10-12(3-5-19)11-25-18(24)15(16(20)23-25)17(26)22-13-9-21-6-4-14(13)28-8-7-27-2/h4,6,9,12H,3,7-8,10-11H2,1-2H3,(H2,20,23)(H,22,26). The van der Waals surface area contributed by atoms with Gasteiger partial charge in [0.2, 0.25) is 0 Å². The van der Waals surface area contributed by atoms with Gasteiger partial charge < -0.3 is 25.4 Å². The van der Waals surface area contributed by atoms with E-state index in [0.717, 1.165) is 0 Å². The molecule has 10 nitrogen and oxygen atoms in total. The summed E-state index contributed by atoms with van der Waals surface area (Å²) < 4.78 is 12.3. The highest BCUT2D eigenvalue weighted by atomic mass is 16.5. The fourth-order valence-corrected chi connectivity index (χ4v) is 3.26. The van der Waals surface area contributed by atoms with Crippen LogP contribution >= 0.6 is 0 Å². The highest BCUT2D eigenvalue weighted by Crippen LogP contribution is 2.32. The van der Waals surface area contributed by atoms with Crippen molar-refractivity contribution in [3.8, 4) is 11.8 Å². The first kappa shape index (κ1) is 19.4. The second kappa shape index (κ2) is 8.58. The van der Waals surface area contributed by atoms with Crippen LogP contribution in [0.5, 0.6) is 5.75 Å². The first-order valence-corrected chi connectivity index (χ1v) is 8.86. The Kier molecular flexibility index (Phi) is 5.96. The van der Waals surface area contributed by atoms with Crippen molar-refractivity contribution in [2.45, 2.75) is 13.0 Å². The largest absolute Gasteiger partial charge is 0.489 e. The van der Waals surface area contributed by atoms with Crippen LogP contribution in [-0.4, -0.2) is 54.6 Å². The van der Waals surface area contributed by atoms with Gasteiger partial charge in [0.15, 0.2) is 5.82 Å². The third kappa shape index (κ3) is 3.99. The summed E-state index contributed by atoms with van der Waals surface area (Å²) in [5, 5.41) is 16.1. The summed E-state index contributed by atoms with van der Waals surface area (Å²) in [5.74, 6) is 1.01. The van der Waals surface area contributed by atoms with Crippen molar-refractivity contribution in [3.63, 3.8) is 0 Å². The second-order valence-electron chi connectivity index (χ2n) is 6.54. The number of carbonyl (C=O) groups is 1. The second-order valence-corrected chi connectivity index (χ2v) is 6.54. The van der Waals surface area contributed by atoms with Crippen LogP contribution in [0.25, 0.3) is 0 Å². The number of hydrogen-bond donors (Lipinski definition) is 2. The van der Waals surface area contributed by atoms with Crippen molar-refractivity contribution in [1.82, 2.24) is 14.8 Å². The first-order chi connectivity index (χ1) is 13.5. The summed E-state index contributed by atoms with van der Waals surface area (Å²) >= 11 is 0. The smallest absolute Gasteiger partial charge is 0.263 e. The predicted molar refractivity (Wildman–Crippen MR) is 103 cm³/mol. The zero-order chi connectivity index (χ0) is 20.1. The highest BCUT2D eigenvalue weighted by Gasteiger charge is 2.31. The Labute approximate surface area is 162 Å². The molecule has 2 aromatic rings. The lowest BCUT2D eigenvalue weighted by molar-refractivity contribution is 0.102. The highest BCUT2D eigenvalue weighted by molar-refractivity contribution is 6.11. The van der Waals surface area contributed by atoms with E-state index in [1.165, 1.54) is 6.20 Å². The molecular weight excluding hydrogens is 362 g/mol. The minimum absolute atomic E-state index is 0.136. The number of pyridine rings is 1. The number of hydrogen-bond acceptors (Lipinski definition) is 8. The quantitative estimate of drug-likeness (QED) is 0.678. The van der Waals surface area contributed by atoms with Crippen molar-refractivity contribution in [2.75, 3.05) is 49.9 Å². The van der Waals surface area contributed by atoms with Gasteiger partial charge in [-0.2, -0.15) is 10.4 Å². The molecule has 1 unspecified atom stereocenters. The summed E-state index contributed by atoms with van der Waals surface area (Å²) in [7, 11) is 3.44. The molecule has 2 aromatic heterocycles. The molecule has 0 spiro atoms. The van der Waals surface area contributed by atoms with Crippen molar-refractivity contribution in [1.29, 1.82) is 5.26 Å². The van der Waals surface area contributed by atoms with E-state index >= 15 is 0 Å². The molecule has 0 saturated carbocycles. The van der Waals surface area contributed by atoms with Gasteiger partial charge in [-0.25, -0.2) is 4.68 Å². The molecule has 28 heavy (non-hydrogen) atoms. The third-order valence-electron chi connectivity index (χ3n) is 4.46. The molecule has 0 bridgehead atoms. The van der Waals surface area contributed by atoms with E-state index in [0.29, 0.717) is 55.5 Å². The summed E-state index contributed by atoms with van der Waals surface area (Å²) in [4.78, 5) is 18.9. The zero-order valence-electron chi connectivity index (χ0n) is 15.9. The molecular formula is C18H23N7O3. The molecule has 0 aromatic carbocycles. The van der Waals surface area contributed by atoms with E-state index in [2.05, 4.69) is 21.5 Å². The van der Waals surface area contributed by atoms with Crippen molar-refractivity contribution in [2.24, 2.45) is 5.92 Å². The Morgan fingerprint density at radius 2 is 2.29 bits per heavy atom. The maximum absolute atomic E-state index is 13.0. The minimum Gasteiger partial charge on any atom is -0.489 e. The maximum atomic E-state index is 13.0. The lowest BCUT2D eigenvalue weighted by Gasteiger charge is -2.31. The van der Waals surface area contributed by atoms with Gasteiger partial charge in [-0.1, -0.05) is 0 Å². The van der Waals surface area contributed by atoms with Crippen molar-refractivity contribution < 1.29 is 14.3 Å². The molecule has 10 heteroatoms. The van der Waals surface area contributed by atoms with Crippen LogP contribution in [0, 0.1) is 17.2 Å². The van der Waals surface area contributed by atoms with Crippen LogP contribution in [0.1, 0.15) is 16.8 Å². The summed E-state index contributed by atoms with van der Waals surface area (Å²) in [6.07, 6.45) is 3.51. The average molecular weight is 385 g/mol. The fourth-order valence-electron chi connectivity index (χ4n) is 3.26. The molecule has 0 aliphatic carbocycles. The molecule has 148 valence electrons. The normalized spacial score (nSPS) is 15.6. The van der Waals surface area contributed by atoms with Gasteiger partial charge in [-0.3, -0.25) is 9.78 Å². The van der Waals surface area contributed by atoms with Gasteiger partial charge in [0.05, 0.1) is 18.9 Å². The number of methoxy groups -OCH3 is 1. The molecule has 3 rings (SSSR count). The third-order valence-corrected chi connectivity index (χ3v) is 4.46. The number of nitrogens with one attached hydrogen (secondary N) is 1. The fraction of sp³-hybridized carbons (Fsp3) is 0.444. The van der Waals surface area contributed by atoms with Crippen molar-refractivity contribution >= 4 is 23.2 Å². The molecule has 0 radical (unpaired) electrons. The summed E-state index contributed by atoms with van der Waals surface area (Å²) in [5.41, 5.74) is 6.78. The minimum atomic E-state index is -0.395. The van der Waals surface area contributed by atoms with E-state index in [1.807, 2.05) is 11.9 Å². The summed E-state index contributed by atoms with van der Waals surface area (Å²) in [6, 6.07) is 3.85. The maximum Gasteiger partial charge on any atom is 0.263 e. The molecule has 1 aliphatic rings. The Morgan fingerprint density at radius 3 is 3.04 bits per heavy atom. The van der Waals surface area contributed by atoms with Gasteiger partial charge >= 0.3 is 0 Å². The molecule has 1 amide bonds. The number of anilines is 3. The summed E-state index contributed by atoms with van der Waals surface area (Å²) in [6.45, 7) is 1.96. The monoisotopic (exact) mass is 385 g/mol. The Morgan fingerprint density at radius 1 is 1.46 bits per heavy atom. The number of nitrogen functional groups attached to an aromatic ring is 1. The van der Waals surface area contributed by atoms with Crippen LogP contribution in [-0.2, 0) is 11.3 Å². The number of ether oxygens (including phenoxy) is 2. The van der Waals surface area contributed by atoms with E-state index in [9.17, 15) is 4.79 Å². The van der Waals surface area contributed by atoms with E-state index < -0.39 is 5.91 Å². The Bertz CT molecular complexity index is 890.